The first kappa shape index (κ1) is 16.5. The van der Waals surface area contributed by atoms with E-state index in [2.05, 4.69) is 24.0 Å². The molecule has 0 aliphatic carbocycles. The van der Waals surface area contributed by atoms with Gasteiger partial charge in [0.05, 0.1) is 12.7 Å². The molecule has 0 atom stereocenters. The fourth-order valence-electron chi connectivity index (χ4n) is 2.56. The number of hydrogen-bond acceptors (Lipinski definition) is 2. The number of Topliss-reactive ketones (excluding diaryl/α,β-unsaturated/α-hetero) is 1. The monoisotopic (exact) mass is 326 g/mol. The van der Waals surface area contributed by atoms with E-state index < -0.39 is 0 Å². The standard InChI is InChI=1S/C23H18O2/c1-17(24)21(16-18-10-14-22(25-2)15-11-18)13-12-20-8-5-7-19-6-3-4-9-23(19)20/h3-11,14-16H,1-2H3/b21-16-. The largest absolute Gasteiger partial charge is 0.497 e. The fourth-order valence-corrected chi connectivity index (χ4v) is 2.56. The van der Waals surface area contributed by atoms with Crippen LogP contribution in [0.15, 0.2) is 72.3 Å². The van der Waals surface area contributed by atoms with Gasteiger partial charge in [0.25, 0.3) is 0 Å². The van der Waals surface area contributed by atoms with Gasteiger partial charge in [0.2, 0.25) is 0 Å². The van der Waals surface area contributed by atoms with Crippen LogP contribution >= 0.6 is 0 Å². The second kappa shape index (κ2) is 7.51. The highest BCUT2D eigenvalue weighted by Crippen LogP contribution is 2.18. The number of hydrogen-bond donors (Lipinski definition) is 0. The SMILES string of the molecule is COc1ccc(/C=C(/C#Cc2cccc3ccccc23)C(C)=O)cc1. The average molecular weight is 326 g/mol. The third-order valence-electron chi connectivity index (χ3n) is 3.93. The van der Waals surface area contributed by atoms with Crippen LogP contribution in [0.2, 0.25) is 0 Å². The Morgan fingerprint density at radius 2 is 1.68 bits per heavy atom. The van der Waals surface area contributed by atoms with Crippen molar-refractivity contribution < 1.29 is 9.53 Å². The lowest BCUT2D eigenvalue weighted by molar-refractivity contribution is -0.113. The third kappa shape index (κ3) is 3.97. The molecule has 2 nitrogen and oxygen atoms in total. The zero-order chi connectivity index (χ0) is 17.6. The van der Waals surface area contributed by atoms with Crippen molar-refractivity contribution in [3.8, 4) is 17.6 Å². The number of ether oxygens (including phenoxy) is 1. The molecule has 25 heavy (non-hydrogen) atoms. The van der Waals surface area contributed by atoms with Gasteiger partial charge >= 0.3 is 0 Å². The van der Waals surface area contributed by atoms with Crippen LogP contribution < -0.4 is 4.74 Å². The number of fused-ring (bicyclic) bond motifs is 1. The first-order chi connectivity index (χ1) is 12.2. The average Bonchev–Trinajstić information content (AvgIpc) is 2.65. The molecule has 0 heterocycles. The number of ketones is 1. The minimum Gasteiger partial charge on any atom is -0.497 e. The zero-order valence-electron chi connectivity index (χ0n) is 14.2. The van der Waals surface area contributed by atoms with E-state index in [-0.39, 0.29) is 5.78 Å². The van der Waals surface area contributed by atoms with Crippen molar-refractivity contribution in [2.75, 3.05) is 7.11 Å². The van der Waals surface area contributed by atoms with Crippen LogP contribution in [0, 0.1) is 11.8 Å². The maximum absolute atomic E-state index is 12.0. The summed E-state index contributed by atoms with van der Waals surface area (Å²) in [6.45, 7) is 1.53. The highest BCUT2D eigenvalue weighted by molar-refractivity contribution is 6.02. The van der Waals surface area contributed by atoms with Crippen LogP contribution in [0.1, 0.15) is 18.1 Å². The predicted molar refractivity (Wildman–Crippen MR) is 102 cm³/mol. The molecule has 2 heteroatoms. The summed E-state index contributed by atoms with van der Waals surface area (Å²) in [6, 6.07) is 21.6. The maximum Gasteiger partial charge on any atom is 0.168 e. The normalized spacial score (nSPS) is 10.9. The van der Waals surface area contributed by atoms with Crippen molar-refractivity contribution >= 4 is 22.6 Å². The smallest absolute Gasteiger partial charge is 0.168 e. The van der Waals surface area contributed by atoms with Gasteiger partial charge in [-0.05, 0) is 47.5 Å². The first-order valence-electron chi connectivity index (χ1n) is 8.04. The molecular formula is C23H18O2. The van der Waals surface area contributed by atoms with E-state index in [9.17, 15) is 4.79 Å². The molecule has 0 spiro atoms. The molecule has 3 aromatic carbocycles. The van der Waals surface area contributed by atoms with Crippen LogP contribution in [0.4, 0.5) is 0 Å². The number of benzene rings is 3. The molecule has 0 fully saturated rings. The van der Waals surface area contributed by atoms with Crippen molar-refractivity contribution in [2.45, 2.75) is 6.92 Å². The lowest BCUT2D eigenvalue weighted by Crippen LogP contribution is -1.94. The van der Waals surface area contributed by atoms with Crippen molar-refractivity contribution in [3.63, 3.8) is 0 Å². The number of rotatable bonds is 3. The Kier molecular flexibility index (Phi) is 4.97. The molecule has 0 amide bonds. The van der Waals surface area contributed by atoms with Gasteiger partial charge in [-0.15, -0.1) is 0 Å². The van der Waals surface area contributed by atoms with Crippen LogP contribution in [0.25, 0.3) is 16.8 Å². The molecule has 3 aromatic rings. The van der Waals surface area contributed by atoms with Gasteiger partial charge in [0.1, 0.15) is 5.75 Å². The van der Waals surface area contributed by atoms with Gasteiger partial charge in [-0.2, -0.15) is 0 Å². The Bertz CT molecular complexity index is 994. The number of methoxy groups -OCH3 is 1. The summed E-state index contributed by atoms with van der Waals surface area (Å²) in [5, 5.41) is 2.22. The molecule has 0 aliphatic heterocycles. The Morgan fingerprint density at radius 3 is 2.40 bits per heavy atom. The fraction of sp³-hybridized carbons (Fsp3) is 0.0870. The Balaban J connectivity index is 1.98. The van der Waals surface area contributed by atoms with Gasteiger partial charge in [-0.1, -0.05) is 60.4 Å². The molecule has 0 unspecified atom stereocenters. The van der Waals surface area contributed by atoms with E-state index in [0.717, 1.165) is 27.6 Å². The number of carbonyl (C=O) groups excluding carboxylic acids is 1. The summed E-state index contributed by atoms with van der Waals surface area (Å²) in [5.41, 5.74) is 2.32. The molecular weight excluding hydrogens is 308 g/mol. The molecule has 0 aliphatic rings. The molecule has 0 saturated heterocycles. The van der Waals surface area contributed by atoms with E-state index in [4.69, 9.17) is 4.74 Å². The summed E-state index contributed by atoms with van der Waals surface area (Å²) in [5.74, 6) is 6.91. The maximum atomic E-state index is 12.0. The van der Waals surface area contributed by atoms with Crippen LogP contribution in [0.3, 0.4) is 0 Å². The van der Waals surface area contributed by atoms with Crippen LogP contribution in [0.5, 0.6) is 5.75 Å². The minimum absolute atomic E-state index is 0.0523. The van der Waals surface area contributed by atoms with Crippen LogP contribution in [-0.2, 0) is 4.79 Å². The van der Waals surface area contributed by atoms with Crippen LogP contribution in [-0.4, -0.2) is 12.9 Å². The summed E-state index contributed by atoms with van der Waals surface area (Å²) in [6.07, 6.45) is 1.81. The van der Waals surface area contributed by atoms with E-state index in [1.165, 1.54) is 6.92 Å². The zero-order valence-corrected chi connectivity index (χ0v) is 14.2. The lowest BCUT2D eigenvalue weighted by Gasteiger charge is -2.01. The number of carbonyl (C=O) groups is 1. The minimum atomic E-state index is -0.0523. The van der Waals surface area contributed by atoms with Gasteiger partial charge in [-0.3, -0.25) is 4.79 Å². The third-order valence-corrected chi connectivity index (χ3v) is 3.93. The van der Waals surface area contributed by atoms with E-state index in [0.29, 0.717) is 5.57 Å². The molecule has 122 valence electrons. The van der Waals surface area contributed by atoms with Crippen molar-refractivity contribution in [1.82, 2.24) is 0 Å². The Morgan fingerprint density at radius 1 is 0.960 bits per heavy atom. The van der Waals surface area contributed by atoms with Crippen molar-refractivity contribution in [2.24, 2.45) is 0 Å². The predicted octanol–water partition coefficient (Wildman–Crippen LogP) is 4.87. The lowest BCUT2D eigenvalue weighted by atomic mass is 10.0. The second-order valence-corrected chi connectivity index (χ2v) is 5.66. The topological polar surface area (TPSA) is 26.3 Å². The van der Waals surface area contributed by atoms with Gasteiger partial charge in [0, 0.05) is 5.56 Å². The van der Waals surface area contributed by atoms with E-state index >= 15 is 0 Å². The molecule has 0 N–H and O–H groups in total. The highest BCUT2D eigenvalue weighted by atomic mass is 16.5. The second-order valence-electron chi connectivity index (χ2n) is 5.66. The molecule has 3 rings (SSSR count). The summed E-state index contributed by atoms with van der Waals surface area (Å²) in [7, 11) is 1.63. The quantitative estimate of drug-likeness (QED) is 0.507. The van der Waals surface area contributed by atoms with E-state index in [1.54, 1.807) is 13.2 Å². The summed E-state index contributed by atoms with van der Waals surface area (Å²) >= 11 is 0. The molecule has 0 saturated carbocycles. The molecule has 0 radical (unpaired) electrons. The number of allylic oxidation sites excluding steroid dienone is 1. The summed E-state index contributed by atoms with van der Waals surface area (Å²) in [4.78, 5) is 12.0. The van der Waals surface area contributed by atoms with E-state index in [1.807, 2.05) is 54.6 Å². The molecule has 0 bridgehead atoms. The first-order valence-corrected chi connectivity index (χ1v) is 8.04. The van der Waals surface area contributed by atoms with Crippen molar-refractivity contribution in [3.05, 3.63) is 83.4 Å². The van der Waals surface area contributed by atoms with Gasteiger partial charge in [0.15, 0.2) is 5.78 Å². The summed E-state index contributed by atoms with van der Waals surface area (Å²) < 4.78 is 5.15. The van der Waals surface area contributed by atoms with Crippen molar-refractivity contribution in [1.29, 1.82) is 0 Å². The molecule has 0 aromatic heterocycles. The Hall–Kier alpha value is -3.31. The highest BCUT2D eigenvalue weighted by Gasteiger charge is 2.02. The van der Waals surface area contributed by atoms with Gasteiger partial charge in [-0.25, -0.2) is 0 Å². The van der Waals surface area contributed by atoms with Gasteiger partial charge < -0.3 is 4.74 Å². The Labute approximate surface area is 147 Å².